The Kier molecular flexibility index (Phi) is 9.10. The molecular formula is C18H34IN7. The summed E-state index contributed by atoms with van der Waals surface area (Å²) in [6.07, 6.45) is 9.20. The van der Waals surface area contributed by atoms with Crippen molar-refractivity contribution in [3.05, 3.63) is 11.6 Å². The highest BCUT2D eigenvalue weighted by molar-refractivity contribution is 14.0. The van der Waals surface area contributed by atoms with E-state index in [0.717, 1.165) is 30.7 Å². The number of nitrogens with zero attached hydrogens (tertiary/aromatic N) is 5. The van der Waals surface area contributed by atoms with E-state index < -0.39 is 0 Å². The molecule has 26 heavy (non-hydrogen) atoms. The van der Waals surface area contributed by atoms with Crippen LogP contribution in [0.4, 0.5) is 0 Å². The second kappa shape index (κ2) is 11.1. The summed E-state index contributed by atoms with van der Waals surface area (Å²) in [5, 5.41) is 15.5. The van der Waals surface area contributed by atoms with Crippen LogP contribution in [0.15, 0.2) is 4.99 Å². The average molecular weight is 475 g/mol. The van der Waals surface area contributed by atoms with Crippen molar-refractivity contribution in [3.8, 4) is 0 Å². The number of guanidine groups is 1. The highest BCUT2D eigenvalue weighted by Crippen LogP contribution is 2.17. The normalized spacial score (nSPS) is 19.4. The molecular weight excluding hydrogens is 441 g/mol. The van der Waals surface area contributed by atoms with Gasteiger partial charge in [-0.3, -0.25) is 0 Å². The molecule has 148 valence electrons. The molecule has 1 saturated carbocycles. The van der Waals surface area contributed by atoms with Gasteiger partial charge in [0.05, 0.1) is 0 Å². The first-order valence-electron chi connectivity index (χ1n) is 9.84. The maximum atomic E-state index is 4.77. The Morgan fingerprint density at radius 1 is 1.12 bits per heavy atom. The lowest BCUT2D eigenvalue weighted by Crippen LogP contribution is -2.45. The summed E-state index contributed by atoms with van der Waals surface area (Å²) in [7, 11) is 1.99. The van der Waals surface area contributed by atoms with Crippen LogP contribution >= 0.6 is 24.0 Å². The number of aromatic nitrogens is 3. The predicted molar refractivity (Wildman–Crippen MR) is 116 cm³/mol. The SMILES string of the molecule is Cc1nnc(CN=C(NCCN2CCCCC2)NC2CCCC2)n1C.I. The molecule has 0 amide bonds. The molecule has 2 aliphatic rings. The molecule has 1 aliphatic heterocycles. The van der Waals surface area contributed by atoms with Gasteiger partial charge in [-0.15, -0.1) is 34.2 Å². The van der Waals surface area contributed by atoms with Gasteiger partial charge in [-0.25, -0.2) is 4.99 Å². The standard InChI is InChI=1S/C18H33N7.HI/c1-15-22-23-17(24(15)2)14-20-18(21-16-8-4-5-9-16)19-10-13-25-11-6-3-7-12-25;/h16H,3-14H2,1-2H3,(H2,19,20,21);1H. The first kappa shape index (κ1) is 21.4. The molecule has 8 heteroatoms. The van der Waals surface area contributed by atoms with Crippen molar-refractivity contribution in [1.82, 2.24) is 30.3 Å². The summed E-state index contributed by atoms with van der Waals surface area (Å²) in [4.78, 5) is 7.32. The predicted octanol–water partition coefficient (Wildman–Crippen LogP) is 2.21. The second-order valence-electron chi connectivity index (χ2n) is 7.34. The van der Waals surface area contributed by atoms with Crippen molar-refractivity contribution >= 4 is 29.9 Å². The van der Waals surface area contributed by atoms with E-state index in [2.05, 4.69) is 25.7 Å². The lowest BCUT2D eigenvalue weighted by atomic mass is 10.1. The molecule has 3 rings (SSSR count). The number of aliphatic imine (C=N–C) groups is 1. The minimum Gasteiger partial charge on any atom is -0.355 e. The van der Waals surface area contributed by atoms with Crippen LogP contribution in [0.25, 0.3) is 0 Å². The molecule has 0 unspecified atom stereocenters. The van der Waals surface area contributed by atoms with E-state index in [1.165, 1.54) is 58.0 Å². The van der Waals surface area contributed by atoms with E-state index in [9.17, 15) is 0 Å². The quantitative estimate of drug-likeness (QED) is 0.375. The van der Waals surface area contributed by atoms with Crippen molar-refractivity contribution in [3.63, 3.8) is 0 Å². The highest BCUT2D eigenvalue weighted by atomic mass is 127. The first-order chi connectivity index (χ1) is 12.2. The molecule has 0 radical (unpaired) electrons. The Morgan fingerprint density at radius 3 is 2.50 bits per heavy atom. The Labute approximate surface area is 174 Å². The zero-order valence-corrected chi connectivity index (χ0v) is 18.5. The van der Waals surface area contributed by atoms with Crippen LogP contribution in [-0.4, -0.2) is 57.8 Å². The van der Waals surface area contributed by atoms with Gasteiger partial charge in [-0.2, -0.15) is 0 Å². The lowest BCUT2D eigenvalue weighted by Gasteiger charge is -2.27. The monoisotopic (exact) mass is 475 g/mol. The Bertz CT molecular complexity index is 560. The number of nitrogens with one attached hydrogen (secondary N) is 2. The maximum Gasteiger partial charge on any atom is 0.191 e. The van der Waals surface area contributed by atoms with Gasteiger partial charge in [-0.05, 0) is 45.7 Å². The minimum absolute atomic E-state index is 0. The number of halogens is 1. The first-order valence-corrected chi connectivity index (χ1v) is 9.84. The summed E-state index contributed by atoms with van der Waals surface area (Å²) in [5.74, 6) is 2.75. The van der Waals surface area contributed by atoms with E-state index in [0.29, 0.717) is 12.6 Å². The molecule has 1 aliphatic carbocycles. The topological polar surface area (TPSA) is 70.4 Å². The Morgan fingerprint density at radius 2 is 1.85 bits per heavy atom. The summed E-state index contributed by atoms with van der Waals surface area (Å²) >= 11 is 0. The van der Waals surface area contributed by atoms with Crippen molar-refractivity contribution in [2.24, 2.45) is 12.0 Å². The molecule has 7 nitrogen and oxygen atoms in total. The second-order valence-corrected chi connectivity index (χ2v) is 7.34. The van der Waals surface area contributed by atoms with Gasteiger partial charge in [-0.1, -0.05) is 19.3 Å². The average Bonchev–Trinajstić information content (AvgIpc) is 3.25. The summed E-state index contributed by atoms with van der Waals surface area (Å²) in [6.45, 7) is 7.04. The van der Waals surface area contributed by atoms with E-state index in [1.807, 2.05) is 18.5 Å². The molecule has 0 aromatic carbocycles. The van der Waals surface area contributed by atoms with E-state index in [4.69, 9.17) is 4.99 Å². The van der Waals surface area contributed by atoms with Crippen molar-refractivity contribution in [1.29, 1.82) is 0 Å². The third kappa shape index (κ3) is 6.37. The molecule has 0 atom stereocenters. The molecule has 2 fully saturated rings. The number of piperidine rings is 1. The van der Waals surface area contributed by atoms with Crippen LogP contribution in [0.5, 0.6) is 0 Å². The van der Waals surface area contributed by atoms with Gasteiger partial charge in [0.15, 0.2) is 11.8 Å². The number of hydrogen-bond acceptors (Lipinski definition) is 4. The van der Waals surface area contributed by atoms with Gasteiger partial charge in [0.2, 0.25) is 0 Å². The van der Waals surface area contributed by atoms with E-state index in [-0.39, 0.29) is 24.0 Å². The summed E-state index contributed by atoms with van der Waals surface area (Å²) in [5.41, 5.74) is 0. The fourth-order valence-electron chi connectivity index (χ4n) is 3.67. The summed E-state index contributed by atoms with van der Waals surface area (Å²) in [6, 6.07) is 0.558. The van der Waals surface area contributed by atoms with Crippen LogP contribution in [0, 0.1) is 6.92 Å². The zero-order chi connectivity index (χ0) is 17.5. The maximum absolute atomic E-state index is 4.77. The van der Waals surface area contributed by atoms with Gasteiger partial charge < -0.3 is 20.1 Å². The highest BCUT2D eigenvalue weighted by Gasteiger charge is 2.17. The van der Waals surface area contributed by atoms with Crippen LogP contribution in [0.1, 0.15) is 56.6 Å². The van der Waals surface area contributed by atoms with Gasteiger partial charge in [0, 0.05) is 26.2 Å². The van der Waals surface area contributed by atoms with E-state index >= 15 is 0 Å². The third-order valence-electron chi connectivity index (χ3n) is 5.43. The van der Waals surface area contributed by atoms with Crippen LogP contribution < -0.4 is 10.6 Å². The van der Waals surface area contributed by atoms with Gasteiger partial charge in [0.1, 0.15) is 12.4 Å². The molecule has 2 heterocycles. The Hall–Kier alpha value is -0.900. The molecule has 1 aromatic rings. The molecule has 0 spiro atoms. The van der Waals surface area contributed by atoms with Gasteiger partial charge >= 0.3 is 0 Å². The van der Waals surface area contributed by atoms with Crippen LogP contribution in [0.2, 0.25) is 0 Å². The van der Waals surface area contributed by atoms with E-state index in [1.54, 1.807) is 0 Å². The van der Waals surface area contributed by atoms with Crippen molar-refractivity contribution in [2.75, 3.05) is 26.2 Å². The van der Waals surface area contributed by atoms with Crippen LogP contribution in [0.3, 0.4) is 0 Å². The smallest absolute Gasteiger partial charge is 0.191 e. The van der Waals surface area contributed by atoms with Gasteiger partial charge in [0.25, 0.3) is 0 Å². The zero-order valence-electron chi connectivity index (χ0n) is 16.2. The molecule has 1 saturated heterocycles. The summed E-state index contributed by atoms with van der Waals surface area (Å²) < 4.78 is 2.00. The third-order valence-corrected chi connectivity index (χ3v) is 5.43. The van der Waals surface area contributed by atoms with Crippen molar-refractivity contribution < 1.29 is 0 Å². The van der Waals surface area contributed by atoms with Crippen molar-refractivity contribution in [2.45, 2.75) is 64.5 Å². The molecule has 1 aromatic heterocycles. The molecule has 2 N–H and O–H groups in total. The number of likely N-dealkylation sites (tertiary alicyclic amines) is 1. The van der Waals surface area contributed by atoms with Crippen LogP contribution in [-0.2, 0) is 13.6 Å². The number of aryl methyl sites for hydroxylation is 1. The Balaban J connectivity index is 0.00000243. The molecule has 0 bridgehead atoms. The minimum atomic E-state index is 0. The number of rotatable bonds is 6. The largest absolute Gasteiger partial charge is 0.355 e. The lowest BCUT2D eigenvalue weighted by molar-refractivity contribution is 0.232. The number of hydrogen-bond donors (Lipinski definition) is 2. The fraction of sp³-hybridized carbons (Fsp3) is 0.833. The fourth-order valence-corrected chi connectivity index (χ4v) is 3.67.